The number of carbonyl (C=O) groups is 1. The predicted molar refractivity (Wildman–Crippen MR) is 81.7 cm³/mol. The Morgan fingerprint density at radius 1 is 1.04 bits per heavy atom. The highest BCUT2D eigenvalue weighted by Crippen LogP contribution is 2.29. The van der Waals surface area contributed by atoms with Crippen LogP contribution < -0.4 is 10.0 Å². The molecule has 0 aliphatic rings. The van der Waals surface area contributed by atoms with Crippen molar-refractivity contribution in [3.05, 3.63) is 59.9 Å². The largest absolute Gasteiger partial charge is 0.416 e. The average molecular weight is 376 g/mol. The van der Waals surface area contributed by atoms with E-state index in [-0.39, 0.29) is 5.69 Å². The van der Waals surface area contributed by atoms with Crippen LogP contribution in [0.25, 0.3) is 0 Å². The molecule has 5 nitrogen and oxygen atoms in total. The van der Waals surface area contributed by atoms with Gasteiger partial charge in [0.2, 0.25) is 15.9 Å². The topological polar surface area (TPSA) is 75.3 Å². The fourth-order valence-corrected chi connectivity index (χ4v) is 2.82. The summed E-state index contributed by atoms with van der Waals surface area (Å²) in [5.74, 6) is -1.34. The van der Waals surface area contributed by atoms with E-state index in [0.29, 0.717) is 12.1 Å². The maximum absolute atomic E-state index is 13.0. The highest BCUT2D eigenvalue weighted by molar-refractivity contribution is 7.89. The molecule has 10 heteroatoms. The number of hydrogen-bond acceptors (Lipinski definition) is 3. The lowest BCUT2D eigenvalue weighted by Gasteiger charge is -2.10. The Labute approximate surface area is 140 Å². The number of nitrogens with one attached hydrogen (secondary N) is 2. The minimum Gasteiger partial charge on any atom is -0.325 e. The van der Waals surface area contributed by atoms with E-state index >= 15 is 0 Å². The third-order valence-electron chi connectivity index (χ3n) is 3.02. The second-order valence-electron chi connectivity index (χ2n) is 4.91. The SMILES string of the molecule is O=C(CNS(=O)(=O)c1ccc(C(F)(F)F)cc1)Nc1cccc(F)c1. The molecule has 0 unspecified atom stereocenters. The van der Waals surface area contributed by atoms with Crippen LogP contribution in [0.3, 0.4) is 0 Å². The highest BCUT2D eigenvalue weighted by atomic mass is 32.2. The summed E-state index contributed by atoms with van der Waals surface area (Å²) in [7, 11) is -4.17. The Hall–Kier alpha value is -2.46. The van der Waals surface area contributed by atoms with Crippen LogP contribution >= 0.6 is 0 Å². The Balaban J connectivity index is 2.00. The number of carbonyl (C=O) groups excluding carboxylic acids is 1. The molecule has 2 rings (SSSR count). The second kappa shape index (κ2) is 7.19. The van der Waals surface area contributed by atoms with E-state index < -0.39 is 44.9 Å². The van der Waals surface area contributed by atoms with Gasteiger partial charge in [0.1, 0.15) is 5.82 Å². The first-order valence-electron chi connectivity index (χ1n) is 6.80. The van der Waals surface area contributed by atoms with E-state index in [1.54, 1.807) is 0 Å². The second-order valence-corrected chi connectivity index (χ2v) is 6.67. The molecular weight excluding hydrogens is 364 g/mol. The van der Waals surface area contributed by atoms with Gasteiger partial charge in [0, 0.05) is 5.69 Å². The van der Waals surface area contributed by atoms with Gasteiger partial charge < -0.3 is 5.32 Å². The minimum atomic E-state index is -4.58. The summed E-state index contributed by atoms with van der Waals surface area (Å²) < 4.78 is 76.3. The van der Waals surface area contributed by atoms with Crippen LogP contribution in [0.1, 0.15) is 5.56 Å². The van der Waals surface area contributed by atoms with E-state index in [1.807, 2.05) is 4.72 Å². The van der Waals surface area contributed by atoms with E-state index in [9.17, 15) is 30.8 Å². The normalized spacial score (nSPS) is 12.0. The van der Waals surface area contributed by atoms with Crippen LogP contribution in [-0.2, 0) is 21.0 Å². The first-order valence-corrected chi connectivity index (χ1v) is 8.28. The first kappa shape index (κ1) is 18.9. The van der Waals surface area contributed by atoms with Crippen molar-refractivity contribution in [1.29, 1.82) is 0 Å². The van der Waals surface area contributed by atoms with Crippen LogP contribution in [0.5, 0.6) is 0 Å². The Morgan fingerprint density at radius 2 is 1.68 bits per heavy atom. The maximum Gasteiger partial charge on any atom is 0.416 e. The Kier molecular flexibility index (Phi) is 5.43. The summed E-state index contributed by atoms with van der Waals surface area (Å²) in [6, 6.07) is 7.81. The molecule has 0 aromatic heterocycles. The van der Waals surface area contributed by atoms with Gasteiger partial charge in [-0.05, 0) is 42.5 Å². The van der Waals surface area contributed by atoms with Gasteiger partial charge in [-0.25, -0.2) is 17.5 Å². The van der Waals surface area contributed by atoms with Crippen molar-refractivity contribution >= 4 is 21.6 Å². The van der Waals surface area contributed by atoms with Crippen LogP contribution in [0.2, 0.25) is 0 Å². The van der Waals surface area contributed by atoms with Crippen LogP contribution in [0.15, 0.2) is 53.4 Å². The molecule has 0 atom stereocenters. The van der Waals surface area contributed by atoms with Crippen molar-refractivity contribution in [2.45, 2.75) is 11.1 Å². The number of halogens is 4. The lowest BCUT2D eigenvalue weighted by atomic mass is 10.2. The van der Waals surface area contributed by atoms with Gasteiger partial charge in [-0.3, -0.25) is 4.79 Å². The van der Waals surface area contributed by atoms with Crippen molar-refractivity contribution in [2.75, 3.05) is 11.9 Å². The van der Waals surface area contributed by atoms with Crippen molar-refractivity contribution in [3.63, 3.8) is 0 Å². The third kappa shape index (κ3) is 5.26. The fraction of sp³-hybridized carbons (Fsp3) is 0.133. The zero-order valence-electron chi connectivity index (χ0n) is 12.5. The number of sulfonamides is 1. The van der Waals surface area contributed by atoms with Crippen LogP contribution in [0.4, 0.5) is 23.2 Å². The predicted octanol–water partition coefficient (Wildman–Crippen LogP) is 2.76. The summed E-state index contributed by atoms with van der Waals surface area (Å²) in [6.07, 6.45) is -4.58. The van der Waals surface area contributed by atoms with Crippen molar-refractivity contribution in [2.24, 2.45) is 0 Å². The molecule has 2 aromatic rings. The standard InChI is InChI=1S/C15H12F4N2O3S/c16-11-2-1-3-12(8-11)21-14(22)9-20-25(23,24)13-6-4-10(5-7-13)15(17,18)19/h1-8,20H,9H2,(H,21,22). The maximum atomic E-state index is 13.0. The molecule has 0 aliphatic heterocycles. The van der Waals surface area contributed by atoms with E-state index in [2.05, 4.69) is 5.32 Å². The van der Waals surface area contributed by atoms with Crippen LogP contribution in [-0.4, -0.2) is 20.9 Å². The molecular formula is C15H12F4N2O3S. The quantitative estimate of drug-likeness (QED) is 0.788. The lowest BCUT2D eigenvalue weighted by Crippen LogP contribution is -2.32. The number of hydrogen-bond donors (Lipinski definition) is 2. The molecule has 134 valence electrons. The molecule has 0 fully saturated rings. The summed E-state index contributed by atoms with van der Waals surface area (Å²) in [5, 5.41) is 2.28. The molecule has 0 heterocycles. The van der Waals surface area contributed by atoms with Gasteiger partial charge in [0.25, 0.3) is 0 Å². The number of amides is 1. The number of alkyl halides is 3. The molecule has 2 N–H and O–H groups in total. The number of benzene rings is 2. The lowest BCUT2D eigenvalue weighted by molar-refractivity contribution is -0.137. The molecule has 1 amide bonds. The minimum absolute atomic E-state index is 0.138. The Bertz CT molecular complexity index is 865. The van der Waals surface area contributed by atoms with Gasteiger partial charge in [-0.2, -0.15) is 13.2 Å². The fourth-order valence-electron chi connectivity index (χ4n) is 1.84. The molecule has 25 heavy (non-hydrogen) atoms. The van der Waals surface area contributed by atoms with E-state index in [0.717, 1.165) is 18.2 Å². The van der Waals surface area contributed by atoms with Gasteiger partial charge in [-0.15, -0.1) is 0 Å². The molecule has 0 aliphatic carbocycles. The third-order valence-corrected chi connectivity index (χ3v) is 4.44. The van der Waals surface area contributed by atoms with Crippen LogP contribution in [0, 0.1) is 5.82 Å². The van der Waals surface area contributed by atoms with E-state index in [4.69, 9.17) is 0 Å². The monoisotopic (exact) mass is 376 g/mol. The van der Waals surface area contributed by atoms with Crippen molar-refractivity contribution in [3.8, 4) is 0 Å². The van der Waals surface area contributed by atoms with Gasteiger partial charge in [0.15, 0.2) is 0 Å². The summed E-state index contributed by atoms with van der Waals surface area (Å²) >= 11 is 0. The Morgan fingerprint density at radius 3 is 2.24 bits per heavy atom. The molecule has 0 saturated carbocycles. The molecule has 0 saturated heterocycles. The summed E-state index contributed by atoms with van der Waals surface area (Å²) in [6.45, 7) is -0.667. The molecule has 2 aromatic carbocycles. The van der Waals surface area contributed by atoms with E-state index in [1.165, 1.54) is 18.2 Å². The van der Waals surface area contributed by atoms with Gasteiger partial charge in [-0.1, -0.05) is 6.07 Å². The smallest absolute Gasteiger partial charge is 0.325 e. The first-order chi connectivity index (χ1) is 11.6. The zero-order valence-corrected chi connectivity index (χ0v) is 13.3. The van der Waals surface area contributed by atoms with Crippen molar-refractivity contribution < 1.29 is 30.8 Å². The van der Waals surface area contributed by atoms with Gasteiger partial charge in [0.05, 0.1) is 17.0 Å². The average Bonchev–Trinajstić information content (AvgIpc) is 2.52. The molecule has 0 bridgehead atoms. The summed E-state index contributed by atoms with van der Waals surface area (Å²) in [4.78, 5) is 11.3. The van der Waals surface area contributed by atoms with Crippen molar-refractivity contribution in [1.82, 2.24) is 4.72 Å². The van der Waals surface area contributed by atoms with Gasteiger partial charge >= 0.3 is 6.18 Å². The number of rotatable bonds is 5. The molecule has 0 radical (unpaired) electrons. The highest BCUT2D eigenvalue weighted by Gasteiger charge is 2.30. The summed E-state index contributed by atoms with van der Waals surface area (Å²) in [5.41, 5.74) is -0.853. The number of anilines is 1. The molecule has 0 spiro atoms. The zero-order chi connectivity index (χ0) is 18.7.